The zero-order chi connectivity index (χ0) is 25.8. The maximum absolute atomic E-state index is 5.79. The number of rotatable bonds is 8. The first kappa shape index (κ1) is 24.2. The van der Waals surface area contributed by atoms with Crippen molar-refractivity contribution in [3.05, 3.63) is 69.8 Å². The van der Waals surface area contributed by atoms with Crippen LogP contribution in [-0.4, -0.2) is 42.7 Å². The second-order valence-corrected chi connectivity index (χ2v) is 9.28. The normalized spacial score (nSPS) is 20.7. The van der Waals surface area contributed by atoms with Gasteiger partial charge in [-0.1, -0.05) is 13.8 Å². The third-order valence-electron chi connectivity index (χ3n) is 8.39. The highest BCUT2D eigenvalue weighted by Crippen LogP contribution is 2.67. The minimum Gasteiger partial charge on any atom is -0.493 e. The molecular weight excluding hydrogens is 456 g/mol. The number of benzene rings is 3. The summed E-state index contributed by atoms with van der Waals surface area (Å²) in [6.45, 7) is 4.46. The maximum Gasteiger partial charge on any atom is 0.161 e. The molecule has 0 atom stereocenters. The summed E-state index contributed by atoms with van der Waals surface area (Å²) in [4.78, 5) is 0. The van der Waals surface area contributed by atoms with Crippen LogP contribution in [0.1, 0.15) is 60.1 Å². The summed E-state index contributed by atoms with van der Waals surface area (Å²) in [5.41, 5.74) is 6.35. The molecule has 0 saturated carbocycles. The Morgan fingerprint density at radius 3 is 0.667 bits per heavy atom. The second-order valence-electron chi connectivity index (χ2n) is 9.28. The van der Waals surface area contributed by atoms with E-state index in [1.807, 2.05) is 0 Å². The van der Waals surface area contributed by atoms with Gasteiger partial charge in [0.2, 0.25) is 0 Å². The Balaban J connectivity index is 2.03. The van der Waals surface area contributed by atoms with Gasteiger partial charge < -0.3 is 28.4 Å². The van der Waals surface area contributed by atoms with Gasteiger partial charge in [-0.2, -0.15) is 0 Å². The molecule has 0 saturated heterocycles. The molecule has 36 heavy (non-hydrogen) atoms. The van der Waals surface area contributed by atoms with E-state index in [9.17, 15) is 0 Å². The number of hydrogen-bond acceptors (Lipinski definition) is 6. The predicted octanol–water partition coefficient (Wildman–Crippen LogP) is 5.85. The largest absolute Gasteiger partial charge is 0.493 e. The molecule has 0 amide bonds. The van der Waals surface area contributed by atoms with E-state index >= 15 is 0 Å². The molecule has 3 aliphatic rings. The molecule has 0 spiro atoms. The fraction of sp³-hybridized carbons (Fsp3) is 0.400. The van der Waals surface area contributed by atoms with Gasteiger partial charge in [-0.3, -0.25) is 0 Å². The van der Waals surface area contributed by atoms with Crippen molar-refractivity contribution in [2.45, 2.75) is 37.5 Å². The van der Waals surface area contributed by atoms with Crippen LogP contribution in [0.4, 0.5) is 0 Å². The number of methoxy groups -OCH3 is 6. The molecular formula is C30H34O6. The molecule has 190 valence electrons. The number of ether oxygens (including phenoxy) is 6. The monoisotopic (exact) mass is 490 g/mol. The van der Waals surface area contributed by atoms with Gasteiger partial charge in [-0.05, 0) is 82.6 Å². The molecule has 0 radical (unpaired) electrons. The summed E-state index contributed by atoms with van der Waals surface area (Å²) in [7, 11) is 10.1. The van der Waals surface area contributed by atoms with E-state index in [1.165, 1.54) is 33.4 Å². The molecule has 6 rings (SSSR count). The van der Waals surface area contributed by atoms with E-state index in [1.54, 1.807) is 42.7 Å². The Kier molecular flexibility index (Phi) is 5.73. The summed E-state index contributed by atoms with van der Waals surface area (Å²) >= 11 is 0. The summed E-state index contributed by atoms with van der Waals surface area (Å²) in [6, 6.07) is 12.9. The summed E-state index contributed by atoms with van der Waals surface area (Å²) in [6.07, 6.45) is 1.64. The average Bonchev–Trinajstić information content (AvgIpc) is 2.94. The zero-order valence-corrected chi connectivity index (χ0v) is 22.3. The minimum atomic E-state index is -0.463. The van der Waals surface area contributed by atoms with Crippen LogP contribution in [-0.2, 0) is 10.8 Å². The van der Waals surface area contributed by atoms with E-state index in [0.717, 1.165) is 12.8 Å². The van der Waals surface area contributed by atoms with Gasteiger partial charge in [0, 0.05) is 10.8 Å². The SMILES string of the molecule is CCC12c3cc(OC)c(OC)cc3C(CC)(c3cc(OC)c(OC)cc31)c1cc(OC)c(OC)cc12. The fourth-order valence-electron chi connectivity index (χ4n) is 6.77. The number of hydrogen-bond donors (Lipinski definition) is 0. The summed E-state index contributed by atoms with van der Waals surface area (Å²) in [5.74, 6) is 4.29. The van der Waals surface area contributed by atoms with Gasteiger partial charge in [0.25, 0.3) is 0 Å². The molecule has 0 N–H and O–H groups in total. The lowest BCUT2D eigenvalue weighted by Crippen LogP contribution is -2.50. The van der Waals surface area contributed by atoms with Gasteiger partial charge in [0.1, 0.15) is 0 Å². The fourth-order valence-corrected chi connectivity index (χ4v) is 6.77. The lowest BCUT2D eigenvalue weighted by molar-refractivity contribution is 0.338. The minimum absolute atomic E-state index is 0.463. The Bertz CT molecular complexity index is 1080. The quantitative estimate of drug-likeness (QED) is 0.395. The van der Waals surface area contributed by atoms with Crippen molar-refractivity contribution in [1.82, 2.24) is 0 Å². The van der Waals surface area contributed by atoms with Gasteiger partial charge in [0.05, 0.1) is 42.7 Å². The van der Waals surface area contributed by atoms with E-state index in [0.29, 0.717) is 34.5 Å². The molecule has 3 aromatic carbocycles. The van der Waals surface area contributed by atoms with Crippen LogP contribution in [0.5, 0.6) is 34.5 Å². The highest BCUT2D eigenvalue weighted by molar-refractivity contribution is 5.79. The third kappa shape index (κ3) is 2.73. The van der Waals surface area contributed by atoms with Crippen molar-refractivity contribution < 1.29 is 28.4 Å². The third-order valence-corrected chi connectivity index (χ3v) is 8.39. The molecule has 6 heteroatoms. The van der Waals surface area contributed by atoms with Crippen LogP contribution < -0.4 is 28.4 Å². The molecule has 0 fully saturated rings. The summed E-state index contributed by atoms with van der Waals surface area (Å²) in [5, 5.41) is 0. The molecule has 0 aromatic heterocycles. The Hall–Kier alpha value is -3.54. The van der Waals surface area contributed by atoms with Crippen LogP contribution in [0.2, 0.25) is 0 Å². The molecule has 0 heterocycles. The van der Waals surface area contributed by atoms with Crippen molar-refractivity contribution in [3.63, 3.8) is 0 Å². The second kappa shape index (κ2) is 8.54. The zero-order valence-electron chi connectivity index (χ0n) is 22.3. The Morgan fingerprint density at radius 2 is 0.556 bits per heavy atom. The predicted molar refractivity (Wildman–Crippen MR) is 139 cm³/mol. The first-order chi connectivity index (χ1) is 17.4. The van der Waals surface area contributed by atoms with Gasteiger partial charge in [-0.25, -0.2) is 0 Å². The lowest BCUT2D eigenvalue weighted by atomic mass is 9.45. The standard InChI is InChI=1S/C30H34O6/c1-9-29-17-11-23(31-3)26(34-6)14-20(17)30(10-2,21-15-27(35-7)24(32-4)12-18(21)29)22-16-28(36-8)25(33-5)13-19(22)29/h11-16H,9-10H2,1-8H3. The molecule has 0 unspecified atom stereocenters. The molecule has 3 aliphatic carbocycles. The van der Waals surface area contributed by atoms with Crippen molar-refractivity contribution in [3.8, 4) is 34.5 Å². The smallest absolute Gasteiger partial charge is 0.161 e. The van der Waals surface area contributed by atoms with Crippen molar-refractivity contribution in [2.75, 3.05) is 42.7 Å². The van der Waals surface area contributed by atoms with E-state index < -0.39 is 10.8 Å². The van der Waals surface area contributed by atoms with Crippen LogP contribution in [0.15, 0.2) is 36.4 Å². The van der Waals surface area contributed by atoms with Crippen LogP contribution in [0.25, 0.3) is 0 Å². The van der Waals surface area contributed by atoms with Crippen LogP contribution in [0, 0.1) is 0 Å². The first-order valence-electron chi connectivity index (χ1n) is 12.3. The van der Waals surface area contributed by atoms with Gasteiger partial charge in [0.15, 0.2) is 34.5 Å². The first-order valence-corrected chi connectivity index (χ1v) is 12.3. The van der Waals surface area contributed by atoms with E-state index in [4.69, 9.17) is 28.4 Å². The van der Waals surface area contributed by atoms with Crippen molar-refractivity contribution >= 4 is 0 Å². The van der Waals surface area contributed by atoms with Crippen molar-refractivity contribution in [2.24, 2.45) is 0 Å². The highest BCUT2D eigenvalue weighted by Gasteiger charge is 2.58. The average molecular weight is 491 g/mol. The van der Waals surface area contributed by atoms with Crippen LogP contribution >= 0.6 is 0 Å². The maximum atomic E-state index is 5.79. The Morgan fingerprint density at radius 1 is 0.389 bits per heavy atom. The molecule has 0 aliphatic heterocycles. The van der Waals surface area contributed by atoms with Gasteiger partial charge in [-0.15, -0.1) is 0 Å². The molecule has 2 bridgehead atoms. The van der Waals surface area contributed by atoms with Crippen molar-refractivity contribution in [1.29, 1.82) is 0 Å². The summed E-state index contributed by atoms with van der Waals surface area (Å²) < 4.78 is 34.7. The molecule has 3 aromatic rings. The van der Waals surface area contributed by atoms with Gasteiger partial charge >= 0.3 is 0 Å². The topological polar surface area (TPSA) is 55.4 Å². The van der Waals surface area contributed by atoms with Crippen LogP contribution in [0.3, 0.4) is 0 Å². The lowest BCUT2D eigenvalue weighted by Gasteiger charge is -2.56. The Labute approximate surface area is 213 Å². The highest BCUT2D eigenvalue weighted by atomic mass is 16.5. The van der Waals surface area contributed by atoms with E-state index in [2.05, 4.69) is 50.2 Å². The van der Waals surface area contributed by atoms with E-state index in [-0.39, 0.29) is 0 Å². The molecule has 6 nitrogen and oxygen atoms in total.